The van der Waals surface area contributed by atoms with Crippen LogP contribution in [0.1, 0.15) is 30.0 Å². The molecule has 0 radical (unpaired) electrons. The standard InChI is InChI=1S/C16H20FN3O.C2HF3O2/c1-12-16-18-9-15(11-21-2)20(16)7-6-19(12)10-13-4-3-5-14(17)8-13;3-2(4,5)1(6)7/h3-5,8-9,12H,6-7,10-11H2,1-2H3;(H,6,7). The molecule has 0 saturated heterocycles. The number of alkyl halides is 3. The average molecular weight is 403 g/mol. The van der Waals surface area contributed by atoms with Crippen molar-refractivity contribution in [2.24, 2.45) is 0 Å². The fraction of sp³-hybridized carbons (Fsp3) is 0.444. The Morgan fingerprint density at radius 3 is 2.61 bits per heavy atom. The van der Waals surface area contributed by atoms with Crippen LogP contribution < -0.4 is 0 Å². The molecule has 0 fully saturated rings. The molecule has 0 amide bonds. The van der Waals surface area contributed by atoms with Crippen molar-refractivity contribution in [3.05, 3.63) is 53.4 Å². The van der Waals surface area contributed by atoms with Gasteiger partial charge in [-0.3, -0.25) is 4.90 Å². The van der Waals surface area contributed by atoms with E-state index in [9.17, 15) is 17.6 Å². The van der Waals surface area contributed by atoms with Gasteiger partial charge in [-0.05, 0) is 24.6 Å². The summed E-state index contributed by atoms with van der Waals surface area (Å²) in [5.41, 5.74) is 2.11. The van der Waals surface area contributed by atoms with Crippen LogP contribution in [-0.2, 0) is 29.2 Å². The summed E-state index contributed by atoms with van der Waals surface area (Å²) in [6.45, 7) is 5.30. The highest BCUT2D eigenvalue weighted by Crippen LogP contribution is 2.27. The first-order chi connectivity index (χ1) is 13.1. The van der Waals surface area contributed by atoms with Crippen molar-refractivity contribution in [1.82, 2.24) is 14.5 Å². The number of benzene rings is 1. The third-order valence-electron chi connectivity index (χ3n) is 4.31. The number of carbonyl (C=O) groups is 1. The highest BCUT2D eigenvalue weighted by molar-refractivity contribution is 5.73. The summed E-state index contributed by atoms with van der Waals surface area (Å²) in [6.07, 6.45) is -3.19. The Morgan fingerprint density at radius 1 is 1.36 bits per heavy atom. The summed E-state index contributed by atoms with van der Waals surface area (Å²) in [5, 5.41) is 7.12. The van der Waals surface area contributed by atoms with Crippen LogP contribution in [0.15, 0.2) is 30.5 Å². The summed E-state index contributed by atoms with van der Waals surface area (Å²) in [6, 6.07) is 7.02. The van der Waals surface area contributed by atoms with Gasteiger partial charge in [-0.2, -0.15) is 13.2 Å². The highest BCUT2D eigenvalue weighted by Gasteiger charge is 2.38. The minimum atomic E-state index is -5.08. The van der Waals surface area contributed by atoms with Gasteiger partial charge >= 0.3 is 12.1 Å². The average Bonchev–Trinajstić information content (AvgIpc) is 3.01. The fourth-order valence-electron chi connectivity index (χ4n) is 2.95. The molecule has 28 heavy (non-hydrogen) atoms. The van der Waals surface area contributed by atoms with Crippen LogP contribution in [0.4, 0.5) is 17.6 Å². The Balaban J connectivity index is 0.000000345. The van der Waals surface area contributed by atoms with Crippen molar-refractivity contribution in [3.8, 4) is 0 Å². The van der Waals surface area contributed by atoms with Gasteiger partial charge in [0, 0.05) is 26.7 Å². The number of carboxylic acids is 1. The molecule has 6 nitrogen and oxygen atoms in total. The molecule has 0 spiro atoms. The number of aromatic nitrogens is 2. The minimum Gasteiger partial charge on any atom is -0.475 e. The topological polar surface area (TPSA) is 67.6 Å². The van der Waals surface area contributed by atoms with E-state index in [2.05, 4.69) is 21.4 Å². The van der Waals surface area contributed by atoms with E-state index < -0.39 is 12.1 Å². The number of halogens is 4. The van der Waals surface area contributed by atoms with Crippen LogP contribution in [0, 0.1) is 5.82 Å². The molecule has 10 heteroatoms. The first-order valence-electron chi connectivity index (χ1n) is 8.45. The lowest BCUT2D eigenvalue weighted by Crippen LogP contribution is -2.37. The molecule has 1 aromatic carbocycles. The second-order valence-corrected chi connectivity index (χ2v) is 6.27. The second kappa shape index (κ2) is 9.16. The molecule has 0 saturated carbocycles. The predicted octanol–water partition coefficient (Wildman–Crippen LogP) is 3.38. The molecule has 1 aliphatic heterocycles. The van der Waals surface area contributed by atoms with Crippen LogP contribution >= 0.6 is 0 Å². The number of nitrogens with zero attached hydrogens (tertiary/aromatic N) is 3. The van der Waals surface area contributed by atoms with E-state index >= 15 is 0 Å². The molecule has 154 valence electrons. The molecular formula is C18H21F4N3O3. The first kappa shape index (κ1) is 21.8. The van der Waals surface area contributed by atoms with Crippen molar-refractivity contribution in [2.45, 2.75) is 38.8 Å². The maximum Gasteiger partial charge on any atom is 0.490 e. The Kier molecular flexibility index (Phi) is 7.14. The summed E-state index contributed by atoms with van der Waals surface area (Å²) < 4.78 is 52.5. The number of hydrogen-bond donors (Lipinski definition) is 1. The summed E-state index contributed by atoms with van der Waals surface area (Å²) >= 11 is 0. The summed E-state index contributed by atoms with van der Waals surface area (Å²) in [5.74, 6) is -1.88. The van der Waals surface area contributed by atoms with Gasteiger partial charge in [0.15, 0.2) is 0 Å². The van der Waals surface area contributed by atoms with Gasteiger partial charge in [0.25, 0.3) is 0 Å². The van der Waals surface area contributed by atoms with E-state index in [4.69, 9.17) is 14.6 Å². The number of rotatable bonds is 4. The molecule has 1 aliphatic rings. The third-order valence-corrected chi connectivity index (χ3v) is 4.31. The predicted molar refractivity (Wildman–Crippen MR) is 91.9 cm³/mol. The van der Waals surface area contributed by atoms with E-state index in [1.165, 1.54) is 6.07 Å². The van der Waals surface area contributed by atoms with Crippen LogP contribution in [0.25, 0.3) is 0 Å². The summed E-state index contributed by atoms with van der Waals surface area (Å²) in [7, 11) is 1.70. The monoisotopic (exact) mass is 403 g/mol. The number of aliphatic carboxylic acids is 1. The van der Waals surface area contributed by atoms with Crippen molar-refractivity contribution < 1.29 is 32.2 Å². The molecule has 2 aromatic rings. The fourth-order valence-corrected chi connectivity index (χ4v) is 2.95. The zero-order valence-corrected chi connectivity index (χ0v) is 15.4. The molecule has 0 aliphatic carbocycles. The largest absolute Gasteiger partial charge is 0.490 e. The minimum absolute atomic E-state index is 0.180. The summed E-state index contributed by atoms with van der Waals surface area (Å²) in [4.78, 5) is 15.8. The molecule has 3 rings (SSSR count). The lowest BCUT2D eigenvalue weighted by atomic mass is 10.1. The molecule has 1 N–H and O–H groups in total. The van der Waals surface area contributed by atoms with E-state index in [-0.39, 0.29) is 11.9 Å². The zero-order valence-electron chi connectivity index (χ0n) is 15.4. The Hall–Kier alpha value is -2.46. The molecular weight excluding hydrogens is 382 g/mol. The number of fused-ring (bicyclic) bond motifs is 1. The quantitative estimate of drug-likeness (QED) is 0.793. The highest BCUT2D eigenvalue weighted by atomic mass is 19.4. The zero-order chi connectivity index (χ0) is 20.9. The molecule has 1 unspecified atom stereocenters. The number of methoxy groups -OCH3 is 1. The van der Waals surface area contributed by atoms with Crippen LogP contribution in [0.5, 0.6) is 0 Å². The van der Waals surface area contributed by atoms with Gasteiger partial charge in [-0.15, -0.1) is 0 Å². The van der Waals surface area contributed by atoms with E-state index in [0.29, 0.717) is 6.61 Å². The first-order valence-corrected chi connectivity index (χ1v) is 8.45. The van der Waals surface area contributed by atoms with Gasteiger partial charge in [-0.1, -0.05) is 12.1 Å². The normalized spacial score (nSPS) is 16.9. The van der Waals surface area contributed by atoms with Crippen molar-refractivity contribution in [3.63, 3.8) is 0 Å². The van der Waals surface area contributed by atoms with Crippen LogP contribution in [0.2, 0.25) is 0 Å². The van der Waals surface area contributed by atoms with Crippen molar-refractivity contribution in [1.29, 1.82) is 0 Å². The lowest BCUT2D eigenvalue weighted by Gasteiger charge is -2.34. The number of carboxylic acid groups (broad SMARTS) is 1. The van der Waals surface area contributed by atoms with Crippen LogP contribution in [0.3, 0.4) is 0 Å². The van der Waals surface area contributed by atoms with Crippen molar-refractivity contribution >= 4 is 5.97 Å². The second-order valence-electron chi connectivity index (χ2n) is 6.27. The molecule has 2 heterocycles. The van der Waals surface area contributed by atoms with E-state index in [1.54, 1.807) is 19.2 Å². The Bertz CT molecular complexity index is 808. The maximum absolute atomic E-state index is 13.3. The van der Waals surface area contributed by atoms with Gasteiger partial charge < -0.3 is 14.4 Å². The molecule has 1 atom stereocenters. The van der Waals surface area contributed by atoms with Gasteiger partial charge in [0.1, 0.15) is 11.6 Å². The van der Waals surface area contributed by atoms with Gasteiger partial charge in [-0.25, -0.2) is 14.2 Å². The van der Waals surface area contributed by atoms with Crippen LogP contribution in [-0.4, -0.2) is 45.4 Å². The van der Waals surface area contributed by atoms with Crippen molar-refractivity contribution in [2.75, 3.05) is 13.7 Å². The molecule has 1 aromatic heterocycles. The Labute approximate surface area is 159 Å². The Morgan fingerprint density at radius 2 is 2.04 bits per heavy atom. The van der Waals surface area contributed by atoms with Gasteiger partial charge in [0.05, 0.1) is 24.5 Å². The number of ether oxygens (including phenoxy) is 1. The van der Waals surface area contributed by atoms with E-state index in [0.717, 1.165) is 36.7 Å². The molecule has 0 bridgehead atoms. The number of imidazole rings is 1. The SMILES string of the molecule is COCc1cnc2n1CCN(Cc1cccc(F)c1)C2C.O=C(O)C(F)(F)F. The maximum atomic E-state index is 13.3. The lowest BCUT2D eigenvalue weighted by molar-refractivity contribution is -0.192. The number of hydrogen-bond acceptors (Lipinski definition) is 4. The third kappa shape index (κ3) is 5.52. The van der Waals surface area contributed by atoms with Gasteiger partial charge in [0.2, 0.25) is 0 Å². The smallest absolute Gasteiger partial charge is 0.475 e. The van der Waals surface area contributed by atoms with E-state index in [1.807, 2.05) is 12.3 Å².